The Bertz CT molecular complexity index is 514. The normalized spacial score (nSPS) is 10.4. The lowest BCUT2D eigenvalue weighted by Crippen LogP contribution is -1.93. The van der Waals surface area contributed by atoms with E-state index < -0.39 is 11.8 Å². The van der Waals surface area contributed by atoms with Gasteiger partial charge in [0.2, 0.25) is 5.95 Å². The molecule has 0 saturated carbocycles. The van der Waals surface area contributed by atoms with Crippen molar-refractivity contribution in [3.63, 3.8) is 0 Å². The number of aromatic nitrogens is 1. The fourth-order valence-electron chi connectivity index (χ4n) is 1.43. The minimum atomic E-state index is -0.695. The van der Waals surface area contributed by atoms with Crippen LogP contribution in [0.2, 0.25) is 0 Å². The smallest absolute Gasteiger partial charge is 0.220 e. The van der Waals surface area contributed by atoms with Crippen LogP contribution in [0.15, 0.2) is 36.5 Å². The van der Waals surface area contributed by atoms with Gasteiger partial charge < -0.3 is 0 Å². The molecule has 0 aliphatic heterocycles. The Kier molecular flexibility index (Phi) is 3.15. The van der Waals surface area contributed by atoms with Gasteiger partial charge in [0.1, 0.15) is 5.82 Å². The zero-order chi connectivity index (χ0) is 11.5. The molecule has 0 atom stereocenters. The zero-order valence-corrected chi connectivity index (χ0v) is 9.01. The first-order chi connectivity index (χ1) is 7.72. The predicted molar refractivity (Wildman–Crippen MR) is 59.1 cm³/mol. The summed E-state index contributed by atoms with van der Waals surface area (Å²) in [5, 5.41) is 0. The molecule has 0 N–H and O–H groups in total. The highest BCUT2D eigenvalue weighted by Crippen LogP contribution is 2.25. The van der Waals surface area contributed by atoms with E-state index in [9.17, 15) is 8.78 Å². The van der Waals surface area contributed by atoms with E-state index in [1.54, 1.807) is 12.1 Å². The van der Waals surface area contributed by atoms with Crippen molar-refractivity contribution in [2.45, 2.75) is 5.88 Å². The van der Waals surface area contributed by atoms with Crippen LogP contribution in [-0.4, -0.2) is 4.98 Å². The minimum absolute atomic E-state index is 0.135. The van der Waals surface area contributed by atoms with Crippen LogP contribution < -0.4 is 0 Å². The Labute approximate surface area is 96.7 Å². The summed E-state index contributed by atoms with van der Waals surface area (Å²) in [6, 6.07) is 7.49. The molecular formula is C12H8ClF2N. The van der Waals surface area contributed by atoms with Gasteiger partial charge in [-0.25, -0.2) is 9.37 Å². The van der Waals surface area contributed by atoms with Gasteiger partial charge in [-0.05, 0) is 17.7 Å². The molecular weight excluding hydrogens is 232 g/mol. The number of benzene rings is 1. The molecule has 1 aromatic heterocycles. The highest BCUT2D eigenvalue weighted by atomic mass is 35.5. The Hall–Kier alpha value is -1.48. The molecule has 2 rings (SSSR count). The van der Waals surface area contributed by atoms with Crippen LogP contribution in [0.5, 0.6) is 0 Å². The molecule has 0 amide bonds. The van der Waals surface area contributed by atoms with Crippen LogP contribution in [0.25, 0.3) is 11.1 Å². The maximum absolute atomic E-state index is 13.5. The zero-order valence-electron chi connectivity index (χ0n) is 8.25. The molecule has 0 fully saturated rings. The highest BCUT2D eigenvalue weighted by Gasteiger charge is 2.11. The van der Waals surface area contributed by atoms with E-state index in [0.717, 1.165) is 0 Å². The first-order valence-corrected chi connectivity index (χ1v) is 5.21. The number of hydrogen-bond donors (Lipinski definition) is 0. The Morgan fingerprint density at radius 2 is 1.88 bits per heavy atom. The second kappa shape index (κ2) is 4.58. The largest absolute Gasteiger partial charge is 0.227 e. The summed E-state index contributed by atoms with van der Waals surface area (Å²) in [6.45, 7) is 0. The fraction of sp³-hybridized carbons (Fsp3) is 0.0833. The van der Waals surface area contributed by atoms with Gasteiger partial charge in [0.25, 0.3) is 0 Å². The second-order valence-electron chi connectivity index (χ2n) is 3.30. The number of nitrogens with zero attached hydrogens (tertiary/aromatic N) is 1. The first-order valence-electron chi connectivity index (χ1n) is 4.67. The molecule has 1 aromatic carbocycles. The molecule has 0 aliphatic rings. The molecule has 1 nitrogen and oxygen atoms in total. The van der Waals surface area contributed by atoms with Gasteiger partial charge in [0.15, 0.2) is 0 Å². The molecule has 0 unspecified atom stereocenters. The SMILES string of the molecule is Fc1ccccc1-c1cc(CCl)cnc1F. The molecule has 0 aliphatic carbocycles. The molecule has 4 heteroatoms. The standard InChI is InChI=1S/C12H8ClF2N/c13-6-8-5-10(12(15)16-7-8)9-3-1-2-4-11(9)14/h1-5,7H,6H2. The number of alkyl halides is 1. The molecule has 0 spiro atoms. The third kappa shape index (κ3) is 2.04. The molecule has 0 saturated heterocycles. The summed E-state index contributed by atoms with van der Waals surface area (Å²) in [5.41, 5.74) is 0.983. The average Bonchev–Trinajstić information content (AvgIpc) is 2.31. The van der Waals surface area contributed by atoms with Crippen LogP contribution >= 0.6 is 11.6 Å². The maximum Gasteiger partial charge on any atom is 0.220 e. The van der Waals surface area contributed by atoms with Crippen molar-refractivity contribution in [3.05, 3.63) is 53.9 Å². The van der Waals surface area contributed by atoms with E-state index in [-0.39, 0.29) is 17.0 Å². The molecule has 0 radical (unpaired) electrons. The summed E-state index contributed by atoms with van der Waals surface area (Å²) >= 11 is 5.62. The van der Waals surface area contributed by atoms with Gasteiger partial charge in [-0.2, -0.15) is 4.39 Å². The maximum atomic E-state index is 13.5. The fourth-order valence-corrected chi connectivity index (χ4v) is 1.58. The Morgan fingerprint density at radius 3 is 2.56 bits per heavy atom. The van der Waals surface area contributed by atoms with E-state index in [4.69, 9.17) is 11.6 Å². The number of halogens is 3. The van der Waals surface area contributed by atoms with Crippen molar-refractivity contribution in [1.29, 1.82) is 0 Å². The van der Waals surface area contributed by atoms with Gasteiger partial charge in [-0.1, -0.05) is 18.2 Å². The van der Waals surface area contributed by atoms with Gasteiger partial charge in [0, 0.05) is 23.2 Å². The van der Waals surface area contributed by atoms with Crippen LogP contribution in [0.3, 0.4) is 0 Å². The van der Waals surface area contributed by atoms with Gasteiger partial charge >= 0.3 is 0 Å². The second-order valence-corrected chi connectivity index (χ2v) is 3.56. The molecule has 2 aromatic rings. The first kappa shape index (κ1) is 11.0. The van der Waals surface area contributed by atoms with E-state index in [2.05, 4.69) is 4.98 Å². The quantitative estimate of drug-likeness (QED) is 0.574. The predicted octanol–water partition coefficient (Wildman–Crippen LogP) is 3.77. The van der Waals surface area contributed by atoms with Gasteiger partial charge in [0.05, 0.1) is 0 Å². The lowest BCUT2D eigenvalue weighted by molar-refractivity contribution is 0.582. The topological polar surface area (TPSA) is 12.9 Å². The summed E-state index contributed by atoms with van der Waals surface area (Å²) in [5.74, 6) is -0.955. The van der Waals surface area contributed by atoms with Crippen molar-refractivity contribution < 1.29 is 8.78 Å². The lowest BCUT2D eigenvalue weighted by Gasteiger charge is -2.05. The molecule has 16 heavy (non-hydrogen) atoms. The monoisotopic (exact) mass is 239 g/mol. The Morgan fingerprint density at radius 1 is 1.12 bits per heavy atom. The van der Waals surface area contributed by atoms with Crippen LogP contribution in [0.4, 0.5) is 8.78 Å². The van der Waals surface area contributed by atoms with Crippen molar-refractivity contribution >= 4 is 11.6 Å². The third-order valence-corrected chi connectivity index (χ3v) is 2.52. The number of pyridine rings is 1. The number of rotatable bonds is 2. The third-order valence-electron chi connectivity index (χ3n) is 2.21. The molecule has 1 heterocycles. The van der Waals surface area contributed by atoms with Gasteiger partial charge in [-0.15, -0.1) is 11.6 Å². The van der Waals surface area contributed by atoms with Crippen molar-refractivity contribution in [1.82, 2.24) is 4.98 Å². The van der Waals surface area contributed by atoms with E-state index in [1.807, 2.05) is 0 Å². The lowest BCUT2D eigenvalue weighted by atomic mass is 10.1. The van der Waals surface area contributed by atoms with E-state index >= 15 is 0 Å². The van der Waals surface area contributed by atoms with Crippen molar-refractivity contribution in [2.75, 3.05) is 0 Å². The van der Waals surface area contributed by atoms with Crippen molar-refractivity contribution in [3.8, 4) is 11.1 Å². The minimum Gasteiger partial charge on any atom is -0.227 e. The molecule has 82 valence electrons. The summed E-state index contributed by atoms with van der Waals surface area (Å²) in [7, 11) is 0. The summed E-state index contributed by atoms with van der Waals surface area (Å²) in [4.78, 5) is 3.55. The Balaban J connectivity index is 2.59. The summed E-state index contributed by atoms with van der Waals surface area (Å²) < 4.78 is 26.9. The summed E-state index contributed by atoms with van der Waals surface area (Å²) in [6.07, 6.45) is 1.34. The van der Waals surface area contributed by atoms with Gasteiger partial charge in [-0.3, -0.25) is 0 Å². The van der Waals surface area contributed by atoms with E-state index in [1.165, 1.54) is 24.4 Å². The van der Waals surface area contributed by atoms with Crippen LogP contribution in [-0.2, 0) is 5.88 Å². The molecule has 0 bridgehead atoms. The van der Waals surface area contributed by atoms with Crippen LogP contribution in [0, 0.1) is 11.8 Å². The van der Waals surface area contributed by atoms with E-state index in [0.29, 0.717) is 5.56 Å². The van der Waals surface area contributed by atoms with Crippen LogP contribution in [0.1, 0.15) is 5.56 Å². The number of hydrogen-bond acceptors (Lipinski definition) is 1. The average molecular weight is 240 g/mol. The highest BCUT2D eigenvalue weighted by molar-refractivity contribution is 6.17. The van der Waals surface area contributed by atoms with Crippen molar-refractivity contribution in [2.24, 2.45) is 0 Å².